The molecule has 1 aliphatic heterocycles. The molecule has 0 aromatic rings. The monoisotopic (exact) mass is 157 g/mol. The normalized spacial score (nSPS) is 21.3. The molecule has 0 bridgehead atoms. The standard InChI is InChI=1S/C8H19N3/c1-7(2)11-5-8(6-11)9-10(3)4/h7-9H,5-6H2,1-4H3. The molecular weight excluding hydrogens is 138 g/mol. The van der Waals surface area contributed by atoms with Gasteiger partial charge in [-0.3, -0.25) is 15.3 Å². The zero-order valence-corrected chi connectivity index (χ0v) is 7.96. The van der Waals surface area contributed by atoms with Gasteiger partial charge in [0.05, 0.1) is 0 Å². The van der Waals surface area contributed by atoms with Crippen LogP contribution in [-0.4, -0.2) is 49.2 Å². The smallest absolute Gasteiger partial charge is 0.0469 e. The summed E-state index contributed by atoms with van der Waals surface area (Å²) in [5, 5.41) is 2.03. The second kappa shape index (κ2) is 3.52. The van der Waals surface area contributed by atoms with Crippen molar-refractivity contribution in [2.24, 2.45) is 0 Å². The minimum Gasteiger partial charge on any atom is -0.298 e. The van der Waals surface area contributed by atoms with Crippen molar-refractivity contribution in [1.29, 1.82) is 0 Å². The lowest BCUT2D eigenvalue weighted by atomic mass is 10.1. The van der Waals surface area contributed by atoms with Crippen molar-refractivity contribution in [3.8, 4) is 0 Å². The highest BCUT2D eigenvalue weighted by Gasteiger charge is 2.28. The van der Waals surface area contributed by atoms with Crippen molar-refractivity contribution < 1.29 is 0 Å². The fourth-order valence-electron chi connectivity index (χ4n) is 1.38. The van der Waals surface area contributed by atoms with Gasteiger partial charge in [-0.1, -0.05) is 0 Å². The summed E-state index contributed by atoms with van der Waals surface area (Å²) in [6.45, 7) is 6.86. The first-order valence-corrected chi connectivity index (χ1v) is 4.27. The minimum absolute atomic E-state index is 0.674. The van der Waals surface area contributed by atoms with Crippen molar-refractivity contribution in [2.45, 2.75) is 25.9 Å². The second-order valence-electron chi connectivity index (χ2n) is 3.77. The zero-order chi connectivity index (χ0) is 8.43. The van der Waals surface area contributed by atoms with E-state index in [9.17, 15) is 0 Å². The van der Waals surface area contributed by atoms with E-state index < -0.39 is 0 Å². The molecule has 1 fully saturated rings. The third-order valence-electron chi connectivity index (χ3n) is 2.08. The van der Waals surface area contributed by atoms with Gasteiger partial charge in [0.25, 0.3) is 0 Å². The van der Waals surface area contributed by atoms with E-state index in [4.69, 9.17) is 0 Å². The number of hydrogen-bond acceptors (Lipinski definition) is 3. The van der Waals surface area contributed by atoms with Gasteiger partial charge in [-0.15, -0.1) is 0 Å². The third-order valence-corrected chi connectivity index (χ3v) is 2.08. The fourth-order valence-corrected chi connectivity index (χ4v) is 1.38. The van der Waals surface area contributed by atoms with Crippen LogP contribution in [0.3, 0.4) is 0 Å². The molecule has 0 aromatic carbocycles. The molecule has 1 aliphatic rings. The average Bonchev–Trinajstić information content (AvgIpc) is 1.75. The molecule has 0 saturated carbocycles. The van der Waals surface area contributed by atoms with Gasteiger partial charge in [0.2, 0.25) is 0 Å². The Kier molecular flexibility index (Phi) is 2.87. The lowest BCUT2D eigenvalue weighted by molar-refractivity contribution is 0.0540. The average molecular weight is 157 g/mol. The van der Waals surface area contributed by atoms with Crippen LogP contribution < -0.4 is 5.43 Å². The van der Waals surface area contributed by atoms with E-state index in [1.165, 1.54) is 13.1 Å². The van der Waals surface area contributed by atoms with Crippen LogP contribution in [-0.2, 0) is 0 Å². The summed E-state index contributed by atoms with van der Waals surface area (Å²) in [5.41, 5.74) is 3.36. The van der Waals surface area contributed by atoms with E-state index in [-0.39, 0.29) is 0 Å². The molecule has 1 N–H and O–H groups in total. The van der Waals surface area contributed by atoms with E-state index >= 15 is 0 Å². The molecule has 0 aromatic heterocycles. The largest absolute Gasteiger partial charge is 0.298 e. The number of hydrogen-bond donors (Lipinski definition) is 1. The molecule has 0 amide bonds. The van der Waals surface area contributed by atoms with Crippen LogP contribution in [0.15, 0.2) is 0 Å². The Morgan fingerprint density at radius 3 is 2.27 bits per heavy atom. The van der Waals surface area contributed by atoms with Crippen molar-refractivity contribution in [3.05, 3.63) is 0 Å². The van der Waals surface area contributed by atoms with E-state index in [0.717, 1.165) is 0 Å². The maximum Gasteiger partial charge on any atom is 0.0469 e. The molecule has 3 nitrogen and oxygen atoms in total. The molecule has 1 rings (SSSR count). The van der Waals surface area contributed by atoms with E-state index in [2.05, 4.69) is 24.2 Å². The van der Waals surface area contributed by atoms with Gasteiger partial charge >= 0.3 is 0 Å². The van der Waals surface area contributed by atoms with Crippen LogP contribution in [0.5, 0.6) is 0 Å². The topological polar surface area (TPSA) is 18.5 Å². The molecule has 0 atom stereocenters. The molecule has 66 valence electrons. The first-order chi connectivity index (χ1) is 5.09. The van der Waals surface area contributed by atoms with E-state index in [1.807, 2.05) is 19.1 Å². The second-order valence-corrected chi connectivity index (χ2v) is 3.77. The quantitative estimate of drug-likeness (QED) is 0.588. The van der Waals surface area contributed by atoms with Gasteiger partial charge < -0.3 is 0 Å². The van der Waals surface area contributed by atoms with Crippen LogP contribution in [0.4, 0.5) is 0 Å². The summed E-state index contributed by atoms with van der Waals surface area (Å²) in [4.78, 5) is 2.46. The third kappa shape index (κ3) is 2.43. The van der Waals surface area contributed by atoms with Gasteiger partial charge in [-0.2, -0.15) is 0 Å². The molecule has 0 radical (unpaired) electrons. The Labute approximate surface area is 69.3 Å². The molecule has 1 heterocycles. The number of hydrazine groups is 1. The SMILES string of the molecule is CC(C)N1CC(NN(C)C)C1. The number of nitrogens with one attached hydrogen (secondary N) is 1. The first-order valence-electron chi connectivity index (χ1n) is 4.27. The molecular formula is C8H19N3. The Balaban J connectivity index is 2.09. The van der Waals surface area contributed by atoms with Crippen LogP contribution in [0.1, 0.15) is 13.8 Å². The summed E-state index contributed by atoms with van der Waals surface area (Å²) in [6, 6.07) is 1.38. The predicted molar refractivity (Wildman–Crippen MR) is 47.3 cm³/mol. The first kappa shape index (κ1) is 8.97. The summed E-state index contributed by atoms with van der Waals surface area (Å²) in [6.07, 6.45) is 0. The van der Waals surface area contributed by atoms with Gasteiger partial charge in [-0.05, 0) is 13.8 Å². The number of likely N-dealkylation sites (tertiary alicyclic amines) is 1. The maximum atomic E-state index is 3.36. The predicted octanol–water partition coefficient (Wildman–Crippen LogP) is 0.145. The van der Waals surface area contributed by atoms with E-state index in [1.54, 1.807) is 0 Å². The number of rotatable bonds is 3. The van der Waals surface area contributed by atoms with Gasteiger partial charge in [0.15, 0.2) is 0 Å². The highest BCUT2D eigenvalue weighted by Crippen LogP contribution is 2.11. The van der Waals surface area contributed by atoms with Crippen LogP contribution in [0.25, 0.3) is 0 Å². The Bertz CT molecular complexity index is 117. The lowest BCUT2D eigenvalue weighted by Gasteiger charge is -2.43. The van der Waals surface area contributed by atoms with Gasteiger partial charge in [-0.25, -0.2) is 0 Å². The van der Waals surface area contributed by atoms with Crippen LogP contribution in [0, 0.1) is 0 Å². The molecule has 0 unspecified atom stereocenters. The molecule has 11 heavy (non-hydrogen) atoms. The van der Waals surface area contributed by atoms with Crippen molar-refractivity contribution in [3.63, 3.8) is 0 Å². The molecule has 0 spiro atoms. The molecule has 1 saturated heterocycles. The van der Waals surface area contributed by atoms with Crippen molar-refractivity contribution in [1.82, 2.24) is 15.3 Å². The van der Waals surface area contributed by atoms with Gasteiger partial charge in [0.1, 0.15) is 0 Å². The molecule has 3 heteroatoms. The highest BCUT2D eigenvalue weighted by atomic mass is 15.5. The van der Waals surface area contributed by atoms with Crippen LogP contribution >= 0.6 is 0 Å². The zero-order valence-electron chi connectivity index (χ0n) is 7.96. The Morgan fingerprint density at radius 1 is 1.36 bits per heavy atom. The van der Waals surface area contributed by atoms with Crippen molar-refractivity contribution in [2.75, 3.05) is 27.2 Å². The van der Waals surface area contributed by atoms with E-state index in [0.29, 0.717) is 12.1 Å². The fraction of sp³-hybridized carbons (Fsp3) is 1.00. The molecule has 0 aliphatic carbocycles. The highest BCUT2D eigenvalue weighted by molar-refractivity contribution is 4.86. The number of nitrogens with zero attached hydrogens (tertiary/aromatic N) is 2. The maximum absolute atomic E-state index is 3.36. The summed E-state index contributed by atoms with van der Waals surface area (Å²) in [7, 11) is 4.08. The summed E-state index contributed by atoms with van der Waals surface area (Å²) in [5.74, 6) is 0. The van der Waals surface area contributed by atoms with Crippen molar-refractivity contribution >= 4 is 0 Å². The van der Waals surface area contributed by atoms with Gasteiger partial charge in [0, 0.05) is 39.3 Å². The van der Waals surface area contributed by atoms with Crippen LogP contribution in [0.2, 0.25) is 0 Å². The lowest BCUT2D eigenvalue weighted by Crippen LogP contribution is -2.62. The Hall–Kier alpha value is -0.120. The minimum atomic E-state index is 0.674. The summed E-state index contributed by atoms with van der Waals surface area (Å²) >= 11 is 0. The Morgan fingerprint density at radius 2 is 1.91 bits per heavy atom. The summed E-state index contributed by atoms with van der Waals surface area (Å²) < 4.78 is 0.